The summed E-state index contributed by atoms with van der Waals surface area (Å²) in [7, 11) is 3.98. The highest BCUT2D eigenvalue weighted by Gasteiger charge is 2.26. The van der Waals surface area contributed by atoms with Crippen LogP contribution in [0.25, 0.3) is 15.9 Å². The minimum Gasteiger partial charge on any atom is -0.308 e. The van der Waals surface area contributed by atoms with E-state index in [-0.39, 0.29) is 18.3 Å². The van der Waals surface area contributed by atoms with E-state index in [9.17, 15) is 4.79 Å². The van der Waals surface area contributed by atoms with Crippen LogP contribution in [0.15, 0.2) is 36.5 Å². The van der Waals surface area contributed by atoms with E-state index in [0.29, 0.717) is 28.1 Å². The molecule has 0 aliphatic carbocycles. The highest BCUT2D eigenvalue weighted by molar-refractivity contribution is 7.22. The van der Waals surface area contributed by atoms with Crippen molar-refractivity contribution >= 4 is 62.2 Å². The number of aryl methyl sites for hydroxylation is 2. The van der Waals surface area contributed by atoms with Crippen molar-refractivity contribution in [2.24, 2.45) is 0 Å². The molecule has 0 spiro atoms. The van der Waals surface area contributed by atoms with Gasteiger partial charge in [0.25, 0.3) is 5.91 Å². The molecule has 3 heterocycles. The van der Waals surface area contributed by atoms with Gasteiger partial charge in [-0.1, -0.05) is 29.0 Å². The number of rotatable bonds is 5. The predicted octanol–water partition coefficient (Wildman–Crippen LogP) is 4.84. The molecule has 0 aliphatic heterocycles. The number of aromatic nitrogens is 3. The monoisotopic (exact) mass is 463 g/mol. The minimum absolute atomic E-state index is 0. The summed E-state index contributed by atoms with van der Waals surface area (Å²) in [5.41, 5.74) is 3.91. The molecule has 0 saturated heterocycles. The molecule has 4 aromatic rings. The minimum atomic E-state index is -0.106. The summed E-state index contributed by atoms with van der Waals surface area (Å²) >= 11 is 7.71. The number of likely N-dealkylation sites (N-methyl/N-ethyl adjacent to an activating group) is 1. The molecule has 6 nitrogen and oxygen atoms in total. The Morgan fingerprint density at radius 1 is 1.17 bits per heavy atom. The number of pyridine rings is 1. The topological polar surface area (TPSA) is 53.7 Å². The van der Waals surface area contributed by atoms with Crippen molar-refractivity contribution in [1.82, 2.24) is 19.3 Å². The molecule has 158 valence electrons. The summed E-state index contributed by atoms with van der Waals surface area (Å²) in [6.07, 6.45) is 1.87. The molecule has 0 fully saturated rings. The van der Waals surface area contributed by atoms with Crippen LogP contribution in [0.4, 0.5) is 5.13 Å². The highest BCUT2D eigenvalue weighted by Crippen LogP contribution is 2.33. The third-order valence-corrected chi connectivity index (χ3v) is 6.04. The number of thiazole rings is 1. The molecule has 0 aliphatic rings. The van der Waals surface area contributed by atoms with Crippen LogP contribution in [0.5, 0.6) is 0 Å². The zero-order chi connectivity index (χ0) is 20.7. The predicted molar refractivity (Wildman–Crippen MR) is 127 cm³/mol. The first-order valence-electron chi connectivity index (χ1n) is 9.32. The summed E-state index contributed by atoms with van der Waals surface area (Å²) in [4.78, 5) is 26.8. The Balaban J connectivity index is 0.00000256. The van der Waals surface area contributed by atoms with Gasteiger partial charge in [0.05, 0.1) is 15.9 Å². The number of hydrogen-bond acceptors (Lipinski definition) is 5. The number of hydrogen-bond donors (Lipinski definition) is 0. The molecular formula is C21H23Cl2N5OS. The van der Waals surface area contributed by atoms with Gasteiger partial charge < -0.3 is 4.90 Å². The summed E-state index contributed by atoms with van der Waals surface area (Å²) in [6, 6.07) is 9.52. The van der Waals surface area contributed by atoms with Crippen LogP contribution in [-0.4, -0.2) is 52.4 Å². The number of amides is 1. The third kappa shape index (κ3) is 4.16. The second kappa shape index (κ2) is 8.89. The van der Waals surface area contributed by atoms with Crippen molar-refractivity contribution in [1.29, 1.82) is 0 Å². The quantitative estimate of drug-likeness (QED) is 0.424. The zero-order valence-corrected chi connectivity index (χ0v) is 19.6. The average Bonchev–Trinajstić information content (AvgIpc) is 3.21. The molecule has 1 amide bonds. The van der Waals surface area contributed by atoms with Gasteiger partial charge in [-0.25, -0.2) is 9.97 Å². The molecule has 30 heavy (non-hydrogen) atoms. The van der Waals surface area contributed by atoms with Crippen LogP contribution in [0.1, 0.15) is 21.7 Å². The van der Waals surface area contributed by atoms with Gasteiger partial charge in [-0.2, -0.15) is 0 Å². The van der Waals surface area contributed by atoms with Crippen molar-refractivity contribution in [2.75, 3.05) is 32.1 Å². The largest absolute Gasteiger partial charge is 0.308 e. The second-order valence-electron chi connectivity index (χ2n) is 7.30. The maximum Gasteiger partial charge on any atom is 0.279 e. The summed E-state index contributed by atoms with van der Waals surface area (Å²) < 4.78 is 2.82. The molecule has 1 aromatic carbocycles. The first kappa shape index (κ1) is 22.5. The van der Waals surface area contributed by atoms with Gasteiger partial charge in [0.15, 0.2) is 5.13 Å². The number of carbonyl (C=O) groups excluding carboxylic acids is 1. The van der Waals surface area contributed by atoms with Crippen molar-refractivity contribution in [3.05, 3.63) is 58.5 Å². The van der Waals surface area contributed by atoms with E-state index in [0.717, 1.165) is 28.0 Å². The Kier molecular flexibility index (Phi) is 6.67. The lowest BCUT2D eigenvalue weighted by Crippen LogP contribution is -2.37. The van der Waals surface area contributed by atoms with E-state index < -0.39 is 0 Å². The fourth-order valence-corrected chi connectivity index (χ4v) is 4.79. The van der Waals surface area contributed by atoms with Crippen molar-refractivity contribution < 1.29 is 4.79 Å². The number of nitrogens with zero attached hydrogens (tertiary/aromatic N) is 5. The molecule has 0 unspecified atom stereocenters. The number of fused-ring (bicyclic) bond motifs is 2. The molecule has 9 heteroatoms. The van der Waals surface area contributed by atoms with Crippen LogP contribution < -0.4 is 4.90 Å². The van der Waals surface area contributed by atoms with Crippen LogP contribution >= 0.6 is 35.3 Å². The SMILES string of the molecule is Cc1nc2ccccn2c1C(=O)N(CCN(C)C)c1nc2c(C)cc(Cl)cc2s1.Cl. The lowest BCUT2D eigenvalue weighted by atomic mass is 10.2. The average molecular weight is 464 g/mol. The zero-order valence-electron chi connectivity index (χ0n) is 17.2. The molecule has 0 atom stereocenters. The number of carbonyl (C=O) groups is 1. The van der Waals surface area contributed by atoms with E-state index >= 15 is 0 Å². The summed E-state index contributed by atoms with van der Waals surface area (Å²) in [5, 5.41) is 1.34. The summed E-state index contributed by atoms with van der Waals surface area (Å²) in [5.74, 6) is -0.106. The standard InChI is InChI=1S/C21H22ClN5OS.ClH/c1-13-11-15(22)12-16-18(13)24-21(29-16)27(10-9-25(3)4)20(28)19-14(2)23-17-7-5-6-8-26(17)19;/h5-8,11-12H,9-10H2,1-4H3;1H. The number of benzene rings is 1. The van der Waals surface area contributed by atoms with E-state index in [1.165, 1.54) is 11.3 Å². The van der Waals surface area contributed by atoms with Gasteiger partial charge in [-0.3, -0.25) is 14.1 Å². The highest BCUT2D eigenvalue weighted by atomic mass is 35.5. The molecule has 0 N–H and O–H groups in total. The molecule has 4 rings (SSSR count). The van der Waals surface area contributed by atoms with Crippen LogP contribution in [0.3, 0.4) is 0 Å². The number of imidazole rings is 1. The molecular weight excluding hydrogens is 441 g/mol. The van der Waals surface area contributed by atoms with Crippen molar-refractivity contribution in [3.63, 3.8) is 0 Å². The van der Waals surface area contributed by atoms with Crippen molar-refractivity contribution in [3.8, 4) is 0 Å². The maximum atomic E-state index is 13.7. The molecule has 3 aromatic heterocycles. The van der Waals surface area contributed by atoms with Gasteiger partial charge in [0, 0.05) is 24.3 Å². The van der Waals surface area contributed by atoms with Crippen molar-refractivity contribution in [2.45, 2.75) is 13.8 Å². The number of anilines is 1. The van der Waals surface area contributed by atoms with E-state index in [1.54, 1.807) is 4.90 Å². The normalized spacial score (nSPS) is 11.3. The Morgan fingerprint density at radius 2 is 1.93 bits per heavy atom. The van der Waals surface area contributed by atoms with E-state index in [4.69, 9.17) is 16.6 Å². The Labute approximate surface area is 190 Å². The lowest BCUT2D eigenvalue weighted by molar-refractivity contribution is 0.0979. The molecule has 0 bridgehead atoms. The van der Waals surface area contributed by atoms with Gasteiger partial charge in [0.1, 0.15) is 11.3 Å². The third-order valence-electron chi connectivity index (χ3n) is 4.79. The fraction of sp³-hybridized carbons (Fsp3) is 0.286. The second-order valence-corrected chi connectivity index (χ2v) is 8.75. The van der Waals surface area contributed by atoms with E-state index in [2.05, 4.69) is 9.88 Å². The number of halogens is 2. The van der Waals surface area contributed by atoms with Crippen LogP contribution in [0, 0.1) is 13.8 Å². The lowest BCUT2D eigenvalue weighted by Gasteiger charge is -2.22. The van der Waals surface area contributed by atoms with Crippen LogP contribution in [-0.2, 0) is 0 Å². The maximum absolute atomic E-state index is 13.7. The Morgan fingerprint density at radius 3 is 2.67 bits per heavy atom. The van der Waals surface area contributed by atoms with Gasteiger partial charge in [-0.05, 0) is 57.8 Å². The van der Waals surface area contributed by atoms with Crippen LogP contribution in [0.2, 0.25) is 5.02 Å². The van der Waals surface area contributed by atoms with Gasteiger partial charge in [-0.15, -0.1) is 12.4 Å². The van der Waals surface area contributed by atoms with E-state index in [1.807, 2.05) is 68.9 Å². The van der Waals surface area contributed by atoms with Gasteiger partial charge >= 0.3 is 0 Å². The molecule has 0 radical (unpaired) electrons. The first-order valence-corrected chi connectivity index (χ1v) is 10.5. The fourth-order valence-electron chi connectivity index (χ4n) is 3.34. The Bertz CT molecular complexity index is 1220. The summed E-state index contributed by atoms with van der Waals surface area (Å²) in [6.45, 7) is 5.10. The smallest absolute Gasteiger partial charge is 0.279 e. The first-order chi connectivity index (χ1) is 13.8. The molecule has 0 saturated carbocycles. The van der Waals surface area contributed by atoms with Gasteiger partial charge in [0.2, 0.25) is 0 Å². The Hall–Kier alpha value is -2.19.